The molecule has 2 aromatic heterocycles. The molecule has 0 spiro atoms. The van der Waals surface area contributed by atoms with Crippen LogP contribution < -0.4 is 10.2 Å². The third-order valence-corrected chi connectivity index (χ3v) is 4.26. The van der Waals surface area contributed by atoms with Crippen LogP contribution in [0, 0.1) is 0 Å². The van der Waals surface area contributed by atoms with E-state index in [0.717, 1.165) is 18.7 Å². The molecule has 1 saturated heterocycles. The van der Waals surface area contributed by atoms with Gasteiger partial charge in [-0.05, 0) is 12.8 Å². The number of hydrogen-bond donors (Lipinski definition) is 1. The first-order valence-electron chi connectivity index (χ1n) is 7.63. The summed E-state index contributed by atoms with van der Waals surface area (Å²) < 4.78 is 6.92. The van der Waals surface area contributed by atoms with E-state index in [4.69, 9.17) is 4.74 Å². The maximum absolute atomic E-state index is 12.6. The van der Waals surface area contributed by atoms with Crippen LogP contribution in [0.1, 0.15) is 35.1 Å². The number of pyridine rings is 1. The molecule has 7 nitrogen and oxygen atoms in total. The number of carbonyl (C=O) groups is 1. The summed E-state index contributed by atoms with van der Waals surface area (Å²) in [5, 5.41) is 0. The molecule has 1 aliphatic heterocycles. The second-order valence-corrected chi connectivity index (χ2v) is 5.77. The summed E-state index contributed by atoms with van der Waals surface area (Å²) in [5.74, 6) is 1.25. The number of rotatable bonds is 3. The van der Waals surface area contributed by atoms with Crippen LogP contribution in [-0.2, 0) is 7.05 Å². The fraction of sp³-hybridized carbons (Fsp3) is 0.438. The number of aromatic amines is 1. The van der Waals surface area contributed by atoms with Crippen LogP contribution in [0.3, 0.4) is 0 Å². The predicted molar refractivity (Wildman–Crippen MR) is 84.7 cm³/mol. The highest BCUT2D eigenvalue weighted by molar-refractivity contribution is 5.92. The van der Waals surface area contributed by atoms with E-state index < -0.39 is 0 Å². The molecule has 1 atom stereocenters. The van der Waals surface area contributed by atoms with Gasteiger partial charge in [0, 0.05) is 50.7 Å². The van der Waals surface area contributed by atoms with Crippen LogP contribution >= 0.6 is 0 Å². The summed E-state index contributed by atoms with van der Waals surface area (Å²) in [4.78, 5) is 33.5. The Morgan fingerprint density at radius 2 is 2.30 bits per heavy atom. The highest BCUT2D eigenvalue weighted by Crippen LogP contribution is 2.26. The number of aromatic nitrogens is 3. The lowest BCUT2D eigenvalue weighted by Crippen LogP contribution is -2.40. The topological polar surface area (TPSA) is 80.2 Å². The van der Waals surface area contributed by atoms with Gasteiger partial charge in [0.05, 0.1) is 7.11 Å². The van der Waals surface area contributed by atoms with Gasteiger partial charge in [-0.15, -0.1) is 0 Å². The Kier molecular flexibility index (Phi) is 4.18. The van der Waals surface area contributed by atoms with Gasteiger partial charge < -0.3 is 19.2 Å². The van der Waals surface area contributed by atoms with Crippen LogP contribution in [0.15, 0.2) is 29.5 Å². The first-order valence-corrected chi connectivity index (χ1v) is 7.63. The number of likely N-dealkylation sites (tertiary alicyclic amines) is 1. The van der Waals surface area contributed by atoms with Gasteiger partial charge in [0.1, 0.15) is 11.5 Å². The van der Waals surface area contributed by atoms with Gasteiger partial charge in [-0.25, -0.2) is 4.98 Å². The Bertz CT molecular complexity index is 765. The van der Waals surface area contributed by atoms with Gasteiger partial charge in [-0.3, -0.25) is 9.59 Å². The van der Waals surface area contributed by atoms with E-state index >= 15 is 0 Å². The zero-order chi connectivity index (χ0) is 16.4. The van der Waals surface area contributed by atoms with Crippen LogP contribution in [0.5, 0.6) is 5.75 Å². The lowest BCUT2D eigenvalue weighted by molar-refractivity contribution is 0.0697. The maximum atomic E-state index is 12.6. The number of imidazole rings is 1. The summed E-state index contributed by atoms with van der Waals surface area (Å²) in [7, 11) is 3.39. The van der Waals surface area contributed by atoms with Gasteiger partial charge in [-0.2, -0.15) is 0 Å². The van der Waals surface area contributed by atoms with Crippen molar-refractivity contribution in [1.82, 2.24) is 19.4 Å². The number of carbonyl (C=O) groups excluding carboxylic acids is 1. The maximum Gasteiger partial charge on any atom is 0.270 e. The number of hydrogen-bond acceptors (Lipinski definition) is 4. The van der Waals surface area contributed by atoms with Crippen molar-refractivity contribution in [1.29, 1.82) is 0 Å². The van der Waals surface area contributed by atoms with Gasteiger partial charge >= 0.3 is 0 Å². The molecule has 0 aromatic carbocycles. The normalized spacial score (nSPS) is 18.0. The summed E-state index contributed by atoms with van der Waals surface area (Å²) >= 11 is 0. The van der Waals surface area contributed by atoms with Crippen LogP contribution in [-0.4, -0.2) is 45.5 Å². The van der Waals surface area contributed by atoms with Crippen molar-refractivity contribution in [2.45, 2.75) is 18.8 Å². The number of ether oxygens (including phenoxy) is 1. The minimum atomic E-state index is -0.299. The van der Waals surface area contributed by atoms with Crippen molar-refractivity contribution >= 4 is 5.91 Å². The van der Waals surface area contributed by atoms with Crippen LogP contribution in [0.2, 0.25) is 0 Å². The molecule has 1 aliphatic rings. The third-order valence-electron chi connectivity index (χ3n) is 4.26. The number of piperidine rings is 1. The molecule has 0 saturated carbocycles. The molecule has 23 heavy (non-hydrogen) atoms. The largest absolute Gasteiger partial charge is 0.491 e. The molecular weight excluding hydrogens is 296 g/mol. The van der Waals surface area contributed by atoms with E-state index in [-0.39, 0.29) is 28.7 Å². The van der Waals surface area contributed by atoms with Gasteiger partial charge in [0.2, 0.25) is 5.43 Å². The van der Waals surface area contributed by atoms with E-state index in [2.05, 4.69) is 9.97 Å². The van der Waals surface area contributed by atoms with Crippen molar-refractivity contribution in [2.75, 3.05) is 20.2 Å². The molecule has 2 aromatic rings. The van der Waals surface area contributed by atoms with Crippen molar-refractivity contribution in [3.63, 3.8) is 0 Å². The molecule has 3 rings (SSSR count). The zero-order valence-corrected chi connectivity index (χ0v) is 13.3. The lowest BCUT2D eigenvalue weighted by atomic mass is 9.97. The van der Waals surface area contributed by atoms with Gasteiger partial charge in [0.15, 0.2) is 5.75 Å². The third kappa shape index (κ3) is 2.99. The highest BCUT2D eigenvalue weighted by atomic mass is 16.5. The number of H-pyrrole nitrogens is 1. The monoisotopic (exact) mass is 316 g/mol. The van der Waals surface area contributed by atoms with Crippen molar-refractivity contribution in [3.05, 3.63) is 46.4 Å². The fourth-order valence-corrected chi connectivity index (χ4v) is 3.05. The predicted octanol–water partition coefficient (Wildman–Crippen LogP) is 1.14. The quantitative estimate of drug-likeness (QED) is 0.921. The Morgan fingerprint density at radius 1 is 1.48 bits per heavy atom. The minimum Gasteiger partial charge on any atom is -0.491 e. The summed E-state index contributed by atoms with van der Waals surface area (Å²) in [6, 6.07) is 1.30. The molecule has 1 amide bonds. The summed E-state index contributed by atoms with van der Waals surface area (Å²) in [6.07, 6.45) is 7.04. The van der Waals surface area contributed by atoms with E-state index in [9.17, 15) is 9.59 Å². The number of nitrogens with zero attached hydrogens (tertiary/aromatic N) is 3. The molecule has 3 heterocycles. The Morgan fingerprint density at radius 3 is 2.96 bits per heavy atom. The average Bonchev–Trinajstić information content (AvgIpc) is 3.00. The average molecular weight is 316 g/mol. The number of aryl methyl sites for hydroxylation is 1. The summed E-state index contributed by atoms with van der Waals surface area (Å²) in [6.45, 7) is 1.30. The molecule has 1 fully saturated rings. The van der Waals surface area contributed by atoms with E-state index in [0.29, 0.717) is 13.1 Å². The molecule has 1 N–H and O–H groups in total. The molecule has 7 heteroatoms. The van der Waals surface area contributed by atoms with Crippen molar-refractivity contribution < 1.29 is 9.53 Å². The minimum absolute atomic E-state index is 0.163. The second-order valence-electron chi connectivity index (χ2n) is 5.77. The number of methoxy groups -OCH3 is 1. The molecule has 0 radical (unpaired) electrons. The standard InChI is InChI=1S/C16H20N4O3/c1-19-7-5-17-15(19)11-4-3-6-20(10-11)16(22)12-8-13(21)14(23-2)9-18-12/h5,7-9,11H,3-4,6,10H2,1-2H3,(H,18,21). The van der Waals surface area contributed by atoms with E-state index in [1.165, 1.54) is 19.4 Å². The Labute approximate surface area is 133 Å². The number of nitrogens with one attached hydrogen (secondary N) is 1. The van der Waals surface area contributed by atoms with Crippen LogP contribution in [0.25, 0.3) is 0 Å². The van der Waals surface area contributed by atoms with Crippen molar-refractivity contribution in [3.8, 4) is 5.75 Å². The highest BCUT2D eigenvalue weighted by Gasteiger charge is 2.28. The summed E-state index contributed by atoms with van der Waals surface area (Å²) in [5.41, 5.74) is -0.0106. The lowest BCUT2D eigenvalue weighted by Gasteiger charge is -2.32. The smallest absolute Gasteiger partial charge is 0.270 e. The van der Waals surface area contributed by atoms with E-state index in [1.54, 1.807) is 11.1 Å². The number of amides is 1. The second kappa shape index (κ2) is 6.28. The van der Waals surface area contributed by atoms with Gasteiger partial charge in [0.25, 0.3) is 5.91 Å². The Hall–Kier alpha value is -2.57. The van der Waals surface area contributed by atoms with E-state index in [1.807, 2.05) is 17.8 Å². The fourth-order valence-electron chi connectivity index (χ4n) is 3.05. The zero-order valence-electron chi connectivity index (χ0n) is 13.3. The molecular formula is C16H20N4O3. The first kappa shape index (κ1) is 15.3. The molecule has 0 aliphatic carbocycles. The SMILES string of the molecule is COc1c[nH]c(C(=O)N2CCCC(c3nccn3C)C2)cc1=O. The molecule has 122 valence electrons. The Balaban J connectivity index is 1.78. The molecule has 0 bridgehead atoms. The van der Waals surface area contributed by atoms with Crippen molar-refractivity contribution in [2.24, 2.45) is 7.05 Å². The van der Waals surface area contributed by atoms with Crippen LogP contribution in [0.4, 0.5) is 0 Å². The van der Waals surface area contributed by atoms with Gasteiger partial charge in [-0.1, -0.05) is 0 Å². The first-order chi connectivity index (χ1) is 11.1. The molecule has 1 unspecified atom stereocenters.